The number of rotatable bonds is 5. The summed E-state index contributed by atoms with van der Waals surface area (Å²) in [6.07, 6.45) is -0.130. The Labute approximate surface area is 153 Å². The smallest absolute Gasteiger partial charge is 0.338 e. The molecule has 1 aromatic carbocycles. The Bertz CT molecular complexity index is 750. The van der Waals surface area contributed by atoms with Crippen molar-refractivity contribution in [3.63, 3.8) is 0 Å². The Kier molecular flexibility index (Phi) is 6.38. The minimum Gasteiger partial charge on any atom is -0.452 e. The third-order valence-corrected chi connectivity index (χ3v) is 5.80. The van der Waals surface area contributed by atoms with Crippen LogP contribution < -0.4 is 0 Å². The molecule has 0 aromatic heterocycles. The number of nitrogens with zero attached hydrogens (tertiary/aromatic N) is 2. The first kappa shape index (κ1) is 20.3. The van der Waals surface area contributed by atoms with E-state index < -0.39 is 16.0 Å². The number of morpholine rings is 1. The molecule has 2 atom stereocenters. The molecule has 8 nitrogen and oxygen atoms in total. The number of carbonyl (C=O) groups excluding carboxylic acids is 2. The quantitative estimate of drug-likeness (QED) is 0.695. The van der Waals surface area contributed by atoms with E-state index in [0.29, 0.717) is 13.1 Å². The summed E-state index contributed by atoms with van der Waals surface area (Å²) < 4.78 is 35.7. The lowest BCUT2D eigenvalue weighted by atomic mass is 10.2. The fourth-order valence-electron chi connectivity index (χ4n) is 2.66. The summed E-state index contributed by atoms with van der Waals surface area (Å²) in [5.74, 6) is -0.964. The molecule has 0 aliphatic carbocycles. The van der Waals surface area contributed by atoms with Crippen molar-refractivity contribution in [2.24, 2.45) is 0 Å². The summed E-state index contributed by atoms with van der Waals surface area (Å²) in [4.78, 5) is 26.0. The highest BCUT2D eigenvalue weighted by Crippen LogP contribution is 2.15. The molecule has 0 bridgehead atoms. The molecule has 1 aliphatic heterocycles. The molecular formula is C17H24N2O6S. The average molecular weight is 384 g/mol. The fraction of sp³-hybridized carbons (Fsp3) is 0.529. The molecule has 1 aromatic rings. The minimum atomic E-state index is -3.56. The Morgan fingerprint density at radius 3 is 2.19 bits per heavy atom. The van der Waals surface area contributed by atoms with Crippen LogP contribution in [0, 0.1) is 0 Å². The zero-order valence-corrected chi connectivity index (χ0v) is 16.2. The van der Waals surface area contributed by atoms with Crippen molar-refractivity contribution in [1.29, 1.82) is 0 Å². The average Bonchev–Trinajstić information content (AvgIpc) is 2.58. The predicted molar refractivity (Wildman–Crippen MR) is 94.2 cm³/mol. The van der Waals surface area contributed by atoms with Gasteiger partial charge in [-0.05, 0) is 38.1 Å². The molecular weight excluding hydrogens is 360 g/mol. The topological polar surface area (TPSA) is 93.2 Å². The van der Waals surface area contributed by atoms with Gasteiger partial charge in [-0.2, -0.15) is 0 Å². The van der Waals surface area contributed by atoms with Crippen LogP contribution in [0.15, 0.2) is 29.2 Å². The fourth-order valence-corrected chi connectivity index (χ4v) is 3.56. The van der Waals surface area contributed by atoms with Gasteiger partial charge in [-0.1, -0.05) is 0 Å². The second kappa shape index (κ2) is 8.15. The lowest BCUT2D eigenvalue weighted by Gasteiger charge is -2.35. The second-order valence-electron chi connectivity index (χ2n) is 6.44. The molecule has 0 spiro atoms. The number of hydrogen-bond acceptors (Lipinski definition) is 6. The Balaban J connectivity index is 1.95. The van der Waals surface area contributed by atoms with Crippen molar-refractivity contribution in [2.45, 2.75) is 31.0 Å². The Morgan fingerprint density at radius 2 is 1.69 bits per heavy atom. The molecule has 0 N–H and O–H groups in total. The number of carbonyl (C=O) groups is 2. The Morgan fingerprint density at radius 1 is 1.15 bits per heavy atom. The van der Waals surface area contributed by atoms with Gasteiger partial charge in [0.1, 0.15) is 0 Å². The molecule has 1 aliphatic rings. The number of sulfonamides is 1. The van der Waals surface area contributed by atoms with Crippen LogP contribution in [-0.4, -0.2) is 75.5 Å². The van der Waals surface area contributed by atoms with E-state index in [1.54, 1.807) is 4.90 Å². The van der Waals surface area contributed by atoms with Gasteiger partial charge in [0, 0.05) is 27.2 Å². The van der Waals surface area contributed by atoms with E-state index in [9.17, 15) is 18.0 Å². The van der Waals surface area contributed by atoms with Crippen LogP contribution in [0.2, 0.25) is 0 Å². The molecule has 144 valence electrons. The maximum absolute atomic E-state index is 12.2. The van der Waals surface area contributed by atoms with Crippen LogP contribution in [0.4, 0.5) is 0 Å². The molecule has 0 radical (unpaired) electrons. The van der Waals surface area contributed by atoms with Gasteiger partial charge in [0.05, 0.1) is 22.7 Å². The molecule has 1 saturated heterocycles. The highest BCUT2D eigenvalue weighted by Gasteiger charge is 2.26. The van der Waals surface area contributed by atoms with E-state index >= 15 is 0 Å². The zero-order chi connectivity index (χ0) is 19.5. The zero-order valence-electron chi connectivity index (χ0n) is 15.3. The van der Waals surface area contributed by atoms with E-state index in [1.807, 2.05) is 13.8 Å². The van der Waals surface area contributed by atoms with E-state index in [0.717, 1.165) is 4.31 Å². The van der Waals surface area contributed by atoms with Gasteiger partial charge in [-0.15, -0.1) is 0 Å². The summed E-state index contributed by atoms with van der Waals surface area (Å²) in [6, 6.07) is 5.39. The first-order valence-corrected chi connectivity index (χ1v) is 9.68. The van der Waals surface area contributed by atoms with Crippen LogP contribution in [0.5, 0.6) is 0 Å². The standard InChI is InChI=1S/C17H24N2O6S/c1-12-9-19(10-13(2)25-12)16(20)11-24-17(21)14-5-7-15(8-6-14)26(22,23)18(3)4/h5-8,12-13H,9-11H2,1-4H3/t12-,13+. The number of benzene rings is 1. The van der Waals surface area contributed by atoms with Gasteiger partial charge in [-0.25, -0.2) is 17.5 Å². The minimum absolute atomic E-state index is 0.0652. The molecule has 9 heteroatoms. The van der Waals surface area contributed by atoms with E-state index in [1.165, 1.54) is 38.4 Å². The summed E-state index contributed by atoms with van der Waals surface area (Å²) in [5, 5.41) is 0. The Hall–Kier alpha value is -1.97. The normalized spacial score (nSPS) is 20.9. The van der Waals surface area contributed by atoms with Gasteiger partial charge in [-0.3, -0.25) is 4.79 Å². The monoisotopic (exact) mass is 384 g/mol. The van der Waals surface area contributed by atoms with E-state index in [2.05, 4.69) is 0 Å². The molecule has 1 amide bonds. The van der Waals surface area contributed by atoms with Gasteiger partial charge in [0.2, 0.25) is 10.0 Å². The summed E-state index contributed by atoms with van der Waals surface area (Å²) in [7, 11) is -0.707. The predicted octanol–water partition coefficient (Wildman–Crippen LogP) is 0.730. The summed E-state index contributed by atoms with van der Waals surface area (Å²) in [5.41, 5.74) is 0.180. The van der Waals surface area contributed by atoms with Crippen molar-refractivity contribution >= 4 is 21.9 Å². The van der Waals surface area contributed by atoms with Crippen molar-refractivity contribution in [2.75, 3.05) is 33.8 Å². The van der Waals surface area contributed by atoms with Crippen LogP contribution in [0.25, 0.3) is 0 Å². The number of hydrogen-bond donors (Lipinski definition) is 0. The van der Waals surface area contributed by atoms with Crippen LogP contribution in [0.1, 0.15) is 24.2 Å². The first-order valence-electron chi connectivity index (χ1n) is 8.24. The van der Waals surface area contributed by atoms with Crippen molar-refractivity contribution < 1.29 is 27.5 Å². The third-order valence-electron chi connectivity index (χ3n) is 3.97. The van der Waals surface area contributed by atoms with Crippen molar-refractivity contribution in [3.05, 3.63) is 29.8 Å². The summed E-state index contributed by atoms with van der Waals surface area (Å²) in [6.45, 7) is 4.31. The molecule has 26 heavy (non-hydrogen) atoms. The van der Waals surface area contributed by atoms with Crippen LogP contribution in [-0.2, 0) is 24.3 Å². The molecule has 0 unspecified atom stereocenters. The molecule has 0 saturated carbocycles. The second-order valence-corrected chi connectivity index (χ2v) is 8.60. The maximum atomic E-state index is 12.2. The molecule has 1 fully saturated rings. The van der Waals surface area contributed by atoms with Crippen molar-refractivity contribution in [3.8, 4) is 0 Å². The van der Waals surface area contributed by atoms with Crippen molar-refractivity contribution in [1.82, 2.24) is 9.21 Å². The van der Waals surface area contributed by atoms with Gasteiger partial charge in [0.25, 0.3) is 5.91 Å². The summed E-state index contributed by atoms with van der Waals surface area (Å²) >= 11 is 0. The lowest BCUT2D eigenvalue weighted by Crippen LogP contribution is -2.49. The number of esters is 1. The first-order chi connectivity index (χ1) is 12.1. The number of amides is 1. The highest BCUT2D eigenvalue weighted by atomic mass is 32.2. The third kappa shape index (κ3) is 4.80. The SMILES string of the molecule is C[C@@H]1CN(C(=O)COC(=O)c2ccc(S(=O)(=O)N(C)C)cc2)C[C@H](C)O1. The lowest BCUT2D eigenvalue weighted by molar-refractivity contribution is -0.146. The largest absolute Gasteiger partial charge is 0.452 e. The van der Waals surface area contributed by atoms with E-state index in [-0.39, 0.29) is 35.2 Å². The molecule has 1 heterocycles. The van der Waals surface area contributed by atoms with Gasteiger partial charge >= 0.3 is 5.97 Å². The highest BCUT2D eigenvalue weighted by molar-refractivity contribution is 7.89. The van der Waals surface area contributed by atoms with Crippen LogP contribution >= 0.6 is 0 Å². The van der Waals surface area contributed by atoms with Gasteiger partial charge in [0.15, 0.2) is 6.61 Å². The molecule has 2 rings (SSSR count). The van der Waals surface area contributed by atoms with Crippen LogP contribution in [0.3, 0.4) is 0 Å². The van der Waals surface area contributed by atoms with E-state index in [4.69, 9.17) is 9.47 Å². The maximum Gasteiger partial charge on any atom is 0.338 e. The number of ether oxygens (including phenoxy) is 2. The van der Waals surface area contributed by atoms with Gasteiger partial charge < -0.3 is 14.4 Å².